The minimum Gasteiger partial charge on any atom is -0.338 e. The molecule has 0 aromatic heterocycles. The molecule has 2 amide bonds. The van der Waals surface area contributed by atoms with Gasteiger partial charge in [0.05, 0.1) is 5.69 Å². The summed E-state index contributed by atoms with van der Waals surface area (Å²) in [5.41, 5.74) is 0.857. The molecule has 1 aliphatic rings. The van der Waals surface area contributed by atoms with Crippen LogP contribution in [0.1, 0.15) is 32.6 Å². The van der Waals surface area contributed by atoms with E-state index in [4.69, 9.17) is 0 Å². The maximum Gasteiger partial charge on any atom is 0.319 e. The highest BCUT2D eigenvalue weighted by molar-refractivity contribution is 6.01. The lowest BCUT2D eigenvalue weighted by atomic mass is 10.0. The van der Waals surface area contributed by atoms with Gasteiger partial charge in [-0.3, -0.25) is 0 Å². The normalized spacial score (nSPS) is 18.5. The maximum atomic E-state index is 12.1. The van der Waals surface area contributed by atoms with Crippen LogP contribution in [0.15, 0.2) is 42.5 Å². The fourth-order valence-electron chi connectivity index (χ4n) is 3.47. The molecule has 1 unspecified atom stereocenters. The van der Waals surface area contributed by atoms with Crippen molar-refractivity contribution in [2.75, 3.05) is 25.0 Å². The molecule has 0 bridgehead atoms. The van der Waals surface area contributed by atoms with Crippen molar-refractivity contribution in [1.29, 1.82) is 0 Å². The van der Waals surface area contributed by atoms with E-state index in [1.807, 2.05) is 30.3 Å². The topological polar surface area (TPSA) is 44.4 Å². The fraction of sp³-hybridized carbons (Fsp3) is 0.450. The molecule has 1 fully saturated rings. The third kappa shape index (κ3) is 4.26. The summed E-state index contributed by atoms with van der Waals surface area (Å²) in [6.07, 6.45) is 4.95. The summed E-state index contributed by atoms with van der Waals surface area (Å²) in [4.78, 5) is 14.7. The largest absolute Gasteiger partial charge is 0.338 e. The predicted molar refractivity (Wildman–Crippen MR) is 100 cm³/mol. The summed E-state index contributed by atoms with van der Waals surface area (Å²) in [6.45, 7) is 5.28. The van der Waals surface area contributed by atoms with E-state index in [1.54, 1.807) is 0 Å². The van der Waals surface area contributed by atoms with Gasteiger partial charge in [-0.15, -0.1) is 0 Å². The highest BCUT2D eigenvalue weighted by Gasteiger charge is 2.17. The van der Waals surface area contributed by atoms with Gasteiger partial charge >= 0.3 is 6.03 Å². The third-order valence-corrected chi connectivity index (χ3v) is 4.89. The van der Waals surface area contributed by atoms with E-state index >= 15 is 0 Å². The maximum absolute atomic E-state index is 12.1. The lowest BCUT2D eigenvalue weighted by molar-refractivity contribution is 0.159. The average Bonchev–Trinajstić information content (AvgIpc) is 2.60. The number of nitrogens with one attached hydrogen (secondary N) is 2. The molecule has 2 aromatic carbocycles. The number of likely N-dealkylation sites (tertiary alicyclic amines) is 1. The Morgan fingerprint density at radius 1 is 1.17 bits per heavy atom. The molecule has 4 nitrogen and oxygen atoms in total. The van der Waals surface area contributed by atoms with Crippen LogP contribution < -0.4 is 10.6 Å². The number of carbonyl (C=O) groups excluding carboxylic acids is 1. The van der Waals surface area contributed by atoms with Crippen molar-refractivity contribution in [3.05, 3.63) is 42.5 Å². The Hall–Kier alpha value is -2.07. The summed E-state index contributed by atoms with van der Waals surface area (Å²) in [5, 5.41) is 8.14. The Bertz CT molecular complexity index is 680. The third-order valence-electron chi connectivity index (χ3n) is 4.89. The summed E-state index contributed by atoms with van der Waals surface area (Å²) in [6, 6.07) is 14.6. The quantitative estimate of drug-likeness (QED) is 0.808. The van der Waals surface area contributed by atoms with Gasteiger partial charge in [-0.1, -0.05) is 42.8 Å². The number of benzene rings is 2. The van der Waals surface area contributed by atoms with Gasteiger partial charge in [-0.05, 0) is 44.2 Å². The van der Waals surface area contributed by atoms with Gasteiger partial charge < -0.3 is 15.5 Å². The first-order chi connectivity index (χ1) is 11.7. The first kappa shape index (κ1) is 16.8. The molecule has 3 rings (SSSR count). The van der Waals surface area contributed by atoms with Gasteiger partial charge in [-0.2, -0.15) is 0 Å². The molecule has 2 aromatic rings. The number of hydrogen-bond acceptors (Lipinski definition) is 2. The van der Waals surface area contributed by atoms with Crippen LogP contribution in [0.25, 0.3) is 10.8 Å². The molecule has 0 aliphatic carbocycles. The van der Waals surface area contributed by atoms with Gasteiger partial charge in [0.15, 0.2) is 0 Å². The molecule has 1 aliphatic heterocycles. The minimum atomic E-state index is -0.127. The van der Waals surface area contributed by atoms with Crippen molar-refractivity contribution in [2.45, 2.75) is 38.6 Å². The number of nitrogens with zero attached hydrogens (tertiary/aromatic N) is 1. The van der Waals surface area contributed by atoms with Crippen LogP contribution in [-0.4, -0.2) is 36.6 Å². The van der Waals surface area contributed by atoms with Crippen molar-refractivity contribution in [2.24, 2.45) is 0 Å². The van der Waals surface area contributed by atoms with Crippen molar-refractivity contribution >= 4 is 22.5 Å². The molecule has 0 spiro atoms. The summed E-state index contributed by atoms with van der Waals surface area (Å²) in [7, 11) is 0. The molecule has 1 saturated heterocycles. The highest BCUT2D eigenvalue weighted by atomic mass is 16.2. The molecule has 1 heterocycles. The molecule has 128 valence electrons. The van der Waals surface area contributed by atoms with Gasteiger partial charge in [0, 0.05) is 24.5 Å². The molecule has 0 radical (unpaired) electrons. The molecular formula is C20H27N3O. The summed E-state index contributed by atoms with van der Waals surface area (Å²) < 4.78 is 0. The van der Waals surface area contributed by atoms with E-state index in [0.29, 0.717) is 12.6 Å². The zero-order valence-corrected chi connectivity index (χ0v) is 14.4. The second kappa shape index (κ2) is 8.15. The van der Waals surface area contributed by atoms with Crippen LogP contribution in [0.5, 0.6) is 0 Å². The number of amides is 2. The van der Waals surface area contributed by atoms with E-state index in [2.05, 4.69) is 34.6 Å². The van der Waals surface area contributed by atoms with Gasteiger partial charge in [-0.25, -0.2) is 4.79 Å². The Labute approximate surface area is 144 Å². The Kier molecular flexibility index (Phi) is 5.70. The number of anilines is 1. The summed E-state index contributed by atoms with van der Waals surface area (Å²) >= 11 is 0. The lowest BCUT2D eigenvalue weighted by Crippen LogP contribution is -2.39. The van der Waals surface area contributed by atoms with Gasteiger partial charge in [0.2, 0.25) is 0 Å². The SMILES string of the molecule is CC1CCCCN1CCCNC(=O)Nc1cccc2ccccc12. The zero-order chi connectivity index (χ0) is 16.8. The Morgan fingerprint density at radius 3 is 2.88 bits per heavy atom. The second-order valence-corrected chi connectivity index (χ2v) is 6.64. The Morgan fingerprint density at radius 2 is 2.00 bits per heavy atom. The first-order valence-corrected chi connectivity index (χ1v) is 9.01. The van der Waals surface area contributed by atoms with Crippen LogP contribution in [0.3, 0.4) is 0 Å². The van der Waals surface area contributed by atoms with E-state index in [-0.39, 0.29) is 6.03 Å². The summed E-state index contributed by atoms with van der Waals surface area (Å²) in [5.74, 6) is 0. The number of rotatable bonds is 5. The average molecular weight is 325 g/mol. The van der Waals surface area contributed by atoms with Crippen LogP contribution >= 0.6 is 0 Å². The number of carbonyl (C=O) groups is 1. The number of hydrogen-bond donors (Lipinski definition) is 2. The van der Waals surface area contributed by atoms with E-state index in [1.165, 1.54) is 25.8 Å². The molecule has 4 heteroatoms. The van der Waals surface area contributed by atoms with Gasteiger partial charge in [0.25, 0.3) is 0 Å². The standard InChI is InChI=1S/C20H27N3O/c1-16-8-4-5-14-23(16)15-7-13-21-20(24)22-19-12-6-10-17-9-2-3-11-18(17)19/h2-3,6,9-12,16H,4-5,7-8,13-15H2,1H3,(H2,21,22,24). The van der Waals surface area contributed by atoms with Crippen LogP contribution in [0, 0.1) is 0 Å². The van der Waals surface area contributed by atoms with E-state index in [0.717, 1.165) is 29.4 Å². The number of urea groups is 1. The molecule has 1 atom stereocenters. The van der Waals surface area contributed by atoms with Crippen LogP contribution in [0.4, 0.5) is 10.5 Å². The Balaban J connectivity index is 1.45. The minimum absolute atomic E-state index is 0.127. The van der Waals surface area contributed by atoms with Crippen LogP contribution in [-0.2, 0) is 0 Å². The first-order valence-electron chi connectivity index (χ1n) is 9.01. The second-order valence-electron chi connectivity index (χ2n) is 6.64. The predicted octanol–water partition coefficient (Wildman–Crippen LogP) is 4.23. The molecule has 2 N–H and O–H groups in total. The number of fused-ring (bicyclic) bond motifs is 1. The fourth-order valence-corrected chi connectivity index (χ4v) is 3.47. The van der Waals surface area contributed by atoms with Crippen molar-refractivity contribution in [1.82, 2.24) is 10.2 Å². The zero-order valence-electron chi connectivity index (χ0n) is 14.4. The highest BCUT2D eigenvalue weighted by Crippen LogP contribution is 2.22. The molecule has 0 saturated carbocycles. The van der Waals surface area contributed by atoms with E-state index < -0.39 is 0 Å². The molecular weight excluding hydrogens is 298 g/mol. The smallest absolute Gasteiger partial charge is 0.319 e. The van der Waals surface area contributed by atoms with Crippen molar-refractivity contribution in [3.8, 4) is 0 Å². The van der Waals surface area contributed by atoms with E-state index in [9.17, 15) is 4.79 Å². The van der Waals surface area contributed by atoms with Crippen molar-refractivity contribution in [3.63, 3.8) is 0 Å². The number of piperidine rings is 1. The monoisotopic (exact) mass is 325 g/mol. The van der Waals surface area contributed by atoms with Crippen LogP contribution in [0.2, 0.25) is 0 Å². The lowest BCUT2D eigenvalue weighted by Gasteiger charge is -2.33. The van der Waals surface area contributed by atoms with Gasteiger partial charge in [0.1, 0.15) is 0 Å². The van der Waals surface area contributed by atoms with Crippen molar-refractivity contribution < 1.29 is 4.79 Å². The molecule has 24 heavy (non-hydrogen) atoms.